The third-order valence-electron chi connectivity index (χ3n) is 2.95. The molecule has 0 nitrogen and oxygen atoms in total. The smallest absolute Gasteiger partial charge is 0.0780 e. The van der Waals surface area contributed by atoms with Gasteiger partial charge in [-0.1, -0.05) is 54.5 Å². The molecule has 1 aliphatic carbocycles. The molecule has 0 aliphatic heterocycles. The van der Waals surface area contributed by atoms with Crippen LogP contribution >= 0.6 is 0 Å². The van der Waals surface area contributed by atoms with Crippen LogP contribution in [0.3, 0.4) is 0 Å². The highest BCUT2D eigenvalue weighted by Gasteiger charge is 2.27. The molecular weight excluding hydrogens is 180 g/mol. The SMILES string of the molecule is C#CC1(c2ccccc2C)C=CC=CC1. The van der Waals surface area contributed by atoms with E-state index in [9.17, 15) is 0 Å². The van der Waals surface area contributed by atoms with Crippen molar-refractivity contribution in [3.63, 3.8) is 0 Å². The number of allylic oxidation sites excluding steroid dienone is 4. The van der Waals surface area contributed by atoms with E-state index in [1.54, 1.807) is 0 Å². The van der Waals surface area contributed by atoms with Gasteiger partial charge in [-0.15, -0.1) is 6.42 Å². The summed E-state index contributed by atoms with van der Waals surface area (Å²) in [5.74, 6) is 2.94. The van der Waals surface area contributed by atoms with E-state index < -0.39 is 0 Å². The lowest BCUT2D eigenvalue weighted by Crippen LogP contribution is -2.22. The Bertz CT molecular complexity index is 457. The molecule has 1 unspecified atom stereocenters. The lowest BCUT2D eigenvalue weighted by molar-refractivity contribution is 0.697. The fourth-order valence-electron chi connectivity index (χ4n) is 2.08. The minimum atomic E-state index is -0.236. The number of rotatable bonds is 1. The van der Waals surface area contributed by atoms with Crippen LogP contribution in [0.1, 0.15) is 17.5 Å². The van der Waals surface area contributed by atoms with Gasteiger partial charge in [0.15, 0.2) is 0 Å². The fraction of sp³-hybridized carbons (Fsp3) is 0.200. The number of hydrogen-bond acceptors (Lipinski definition) is 0. The summed E-state index contributed by atoms with van der Waals surface area (Å²) in [5, 5.41) is 0. The number of benzene rings is 1. The lowest BCUT2D eigenvalue weighted by Gasteiger charge is -2.27. The molecule has 0 amide bonds. The van der Waals surface area contributed by atoms with Crippen molar-refractivity contribution >= 4 is 0 Å². The summed E-state index contributed by atoms with van der Waals surface area (Å²) in [6.45, 7) is 2.11. The monoisotopic (exact) mass is 194 g/mol. The van der Waals surface area contributed by atoms with Crippen LogP contribution in [0.4, 0.5) is 0 Å². The van der Waals surface area contributed by atoms with Crippen molar-refractivity contribution in [1.29, 1.82) is 0 Å². The van der Waals surface area contributed by atoms with Gasteiger partial charge in [-0.3, -0.25) is 0 Å². The first-order valence-corrected chi connectivity index (χ1v) is 5.17. The molecule has 1 atom stereocenters. The highest BCUT2D eigenvalue weighted by atomic mass is 14.3. The summed E-state index contributed by atoms with van der Waals surface area (Å²) in [7, 11) is 0. The van der Waals surface area contributed by atoms with Gasteiger partial charge < -0.3 is 0 Å². The van der Waals surface area contributed by atoms with Crippen molar-refractivity contribution < 1.29 is 0 Å². The first-order chi connectivity index (χ1) is 7.28. The molecule has 0 bridgehead atoms. The molecule has 1 aliphatic rings. The zero-order valence-electron chi connectivity index (χ0n) is 8.90. The van der Waals surface area contributed by atoms with Crippen LogP contribution in [-0.2, 0) is 5.41 Å². The van der Waals surface area contributed by atoms with E-state index in [0.29, 0.717) is 0 Å². The first kappa shape index (κ1) is 9.80. The van der Waals surface area contributed by atoms with Gasteiger partial charge in [-0.25, -0.2) is 0 Å². The molecule has 15 heavy (non-hydrogen) atoms. The third kappa shape index (κ3) is 1.62. The van der Waals surface area contributed by atoms with Crippen LogP contribution in [-0.4, -0.2) is 0 Å². The van der Waals surface area contributed by atoms with Gasteiger partial charge in [0.2, 0.25) is 0 Å². The maximum absolute atomic E-state index is 5.70. The summed E-state index contributed by atoms with van der Waals surface area (Å²) in [6, 6.07) is 8.33. The fourth-order valence-corrected chi connectivity index (χ4v) is 2.08. The minimum Gasteiger partial charge on any atom is -0.119 e. The normalized spacial score (nSPS) is 23.7. The number of hydrogen-bond donors (Lipinski definition) is 0. The predicted molar refractivity (Wildman–Crippen MR) is 64.6 cm³/mol. The summed E-state index contributed by atoms with van der Waals surface area (Å²) < 4.78 is 0. The zero-order chi connectivity index (χ0) is 10.7. The van der Waals surface area contributed by atoms with Crippen LogP contribution < -0.4 is 0 Å². The van der Waals surface area contributed by atoms with Gasteiger partial charge in [0.05, 0.1) is 5.41 Å². The molecule has 0 N–H and O–H groups in total. The highest BCUT2D eigenvalue weighted by Crippen LogP contribution is 2.33. The van der Waals surface area contributed by atoms with E-state index in [4.69, 9.17) is 6.42 Å². The zero-order valence-corrected chi connectivity index (χ0v) is 8.90. The van der Waals surface area contributed by atoms with Gasteiger partial charge in [-0.05, 0) is 24.5 Å². The van der Waals surface area contributed by atoms with Gasteiger partial charge in [0.1, 0.15) is 0 Å². The van der Waals surface area contributed by atoms with E-state index >= 15 is 0 Å². The Labute approximate surface area is 91.3 Å². The molecule has 1 aromatic carbocycles. The van der Waals surface area contributed by atoms with Gasteiger partial charge in [0, 0.05) is 0 Å². The molecule has 0 saturated carbocycles. The largest absolute Gasteiger partial charge is 0.119 e. The summed E-state index contributed by atoms with van der Waals surface area (Å²) in [5.41, 5.74) is 2.27. The van der Waals surface area contributed by atoms with Crippen molar-refractivity contribution in [3.8, 4) is 12.3 Å². The van der Waals surface area contributed by atoms with Crippen LogP contribution in [0.25, 0.3) is 0 Å². The molecule has 0 saturated heterocycles. The van der Waals surface area contributed by atoms with E-state index in [1.807, 2.05) is 24.3 Å². The average Bonchev–Trinajstić information content (AvgIpc) is 2.30. The van der Waals surface area contributed by atoms with Gasteiger partial charge >= 0.3 is 0 Å². The molecular formula is C15H14. The topological polar surface area (TPSA) is 0 Å². The van der Waals surface area contributed by atoms with Crippen LogP contribution in [0.5, 0.6) is 0 Å². The average molecular weight is 194 g/mol. The maximum Gasteiger partial charge on any atom is 0.0780 e. The van der Waals surface area contributed by atoms with Crippen LogP contribution in [0.15, 0.2) is 48.6 Å². The van der Waals surface area contributed by atoms with Crippen molar-refractivity contribution in [1.82, 2.24) is 0 Å². The molecule has 2 rings (SSSR count). The Morgan fingerprint density at radius 3 is 2.67 bits per heavy atom. The maximum atomic E-state index is 5.70. The Hall–Kier alpha value is -1.74. The molecule has 0 heterocycles. The highest BCUT2D eigenvalue weighted by molar-refractivity contribution is 5.47. The van der Waals surface area contributed by atoms with Crippen LogP contribution in [0, 0.1) is 19.3 Å². The minimum absolute atomic E-state index is 0.236. The number of aryl methyl sites for hydroxylation is 1. The predicted octanol–water partition coefficient (Wildman–Crippen LogP) is 3.38. The van der Waals surface area contributed by atoms with Crippen molar-refractivity contribution in [2.24, 2.45) is 0 Å². The molecule has 0 spiro atoms. The number of terminal acetylenes is 1. The Morgan fingerprint density at radius 1 is 1.27 bits per heavy atom. The van der Waals surface area contributed by atoms with E-state index in [-0.39, 0.29) is 5.41 Å². The quantitative estimate of drug-likeness (QED) is 0.601. The summed E-state index contributed by atoms with van der Waals surface area (Å²) in [4.78, 5) is 0. The second kappa shape index (κ2) is 3.79. The molecule has 0 aromatic heterocycles. The van der Waals surface area contributed by atoms with Crippen molar-refractivity contribution in [2.75, 3.05) is 0 Å². The Balaban J connectivity index is 2.54. The molecule has 1 aromatic rings. The second-order valence-corrected chi connectivity index (χ2v) is 3.92. The van der Waals surface area contributed by atoms with Crippen LogP contribution in [0.2, 0.25) is 0 Å². The van der Waals surface area contributed by atoms with E-state index in [0.717, 1.165) is 6.42 Å². The molecule has 74 valence electrons. The van der Waals surface area contributed by atoms with Gasteiger partial charge in [-0.2, -0.15) is 0 Å². The summed E-state index contributed by atoms with van der Waals surface area (Å²) >= 11 is 0. The van der Waals surface area contributed by atoms with Crippen molar-refractivity contribution in [3.05, 3.63) is 59.7 Å². The van der Waals surface area contributed by atoms with Gasteiger partial charge in [0.25, 0.3) is 0 Å². The molecule has 0 radical (unpaired) electrons. The molecule has 0 fully saturated rings. The second-order valence-electron chi connectivity index (χ2n) is 3.92. The van der Waals surface area contributed by atoms with Crippen molar-refractivity contribution in [2.45, 2.75) is 18.8 Å². The molecule has 0 heteroatoms. The Kier molecular flexibility index (Phi) is 2.47. The lowest BCUT2D eigenvalue weighted by atomic mass is 9.74. The van der Waals surface area contributed by atoms with E-state index in [1.165, 1.54) is 11.1 Å². The first-order valence-electron chi connectivity index (χ1n) is 5.17. The Morgan fingerprint density at radius 2 is 2.07 bits per heavy atom. The third-order valence-corrected chi connectivity index (χ3v) is 2.95. The standard InChI is InChI=1S/C15H14/c1-3-15(11-7-4-8-12-15)14-10-6-5-9-13(14)2/h1,4-11H,12H2,2H3. The summed E-state index contributed by atoms with van der Waals surface area (Å²) in [6.07, 6.45) is 14.9. The van der Waals surface area contributed by atoms with E-state index in [2.05, 4.69) is 37.1 Å².